The van der Waals surface area contributed by atoms with Gasteiger partial charge >= 0.3 is 18.2 Å². The lowest BCUT2D eigenvalue weighted by atomic mass is 10.1. The molecule has 2 amide bonds. The number of imide groups is 1. The molecule has 1 saturated heterocycles. The van der Waals surface area contributed by atoms with Gasteiger partial charge in [0.1, 0.15) is 28.3 Å². The van der Waals surface area contributed by atoms with Crippen molar-refractivity contribution in [2.75, 3.05) is 43.1 Å². The third kappa shape index (κ3) is 7.82. The Morgan fingerprint density at radius 1 is 0.921 bits per heavy atom. The van der Waals surface area contributed by atoms with Crippen molar-refractivity contribution < 1.29 is 33.3 Å². The topological polar surface area (TPSA) is 120 Å². The second-order valence-electron chi connectivity index (χ2n) is 10.7. The summed E-state index contributed by atoms with van der Waals surface area (Å²) in [5.74, 6) is -0.144. The van der Waals surface area contributed by atoms with Gasteiger partial charge in [-0.1, -0.05) is 0 Å². The Balaban J connectivity index is 1.98. The van der Waals surface area contributed by atoms with E-state index in [0.29, 0.717) is 4.90 Å². The van der Waals surface area contributed by atoms with Gasteiger partial charge in [-0.2, -0.15) is 4.90 Å². The molecular formula is C27H36N4O7. The minimum atomic E-state index is -0.952. The predicted molar refractivity (Wildman–Crippen MR) is 142 cm³/mol. The molecule has 0 unspecified atom stereocenters. The molecule has 1 aromatic carbocycles. The van der Waals surface area contributed by atoms with E-state index >= 15 is 0 Å². The van der Waals surface area contributed by atoms with E-state index in [1.807, 2.05) is 6.07 Å². The van der Waals surface area contributed by atoms with Crippen LogP contribution in [0.25, 0.3) is 0 Å². The largest absolute Gasteiger partial charge is 0.465 e. The van der Waals surface area contributed by atoms with Crippen LogP contribution in [0.3, 0.4) is 0 Å². The highest BCUT2D eigenvalue weighted by molar-refractivity contribution is 6.08. The first-order valence-corrected chi connectivity index (χ1v) is 12.4. The Morgan fingerprint density at radius 3 is 2.08 bits per heavy atom. The molecule has 1 N–H and O–H groups in total. The molecule has 1 aliphatic rings. The second-order valence-corrected chi connectivity index (χ2v) is 10.7. The molecule has 3 rings (SSSR count). The van der Waals surface area contributed by atoms with Crippen molar-refractivity contribution in [2.45, 2.75) is 52.7 Å². The van der Waals surface area contributed by atoms with E-state index in [4.69, 9.17) is 18.9 Å². The van der Waals surface area contributed by atoms with Gasteiger partial charge < -0.3 is 29.2 Å². The number of nitrogens with zero attached hydrogens (tertiary/aromatic N) is 3. The van der Waals surface area contributed by atoms with Crippen molar-refractivity contribution in [1.82, 2.24) is 10.3 Å². The van der Waals surface area contributed by atoms with Crippen LogP contribution in [0.2, 0.25) is 0 Å². The van der Waals surface area contributed by atoms with Gasteiger partial charge in [0.05, 0.1) is 7.11 Å². The number of aromatic nitrogens is 1. The third-order valence-corrected chi connectivity index (χ3v) is 5.18. The number of anilines is 2. The minimum absolute atomic E-state index is 0.0659. The number of methoxy groups -OCH3 is 1. The van der Waals surface area contributed by atoms with Crippen molar-refractivity contribution in [3.63, 3.8) is 0 Å². The van der Waals surface area contributed by atoms with Crippen LogP contribution in [0.4, 0.5) is 21.1 Å². The van der Waals surface area contributed by atoms with E-state index in [1.165, 1.54) is 19.4 Å². The number of pyridine rings is 1. The van der Waals surface area contributed by atoms with Crippen molar-refractivity contribution in [2.24, 2.45) is 0 Å². The number of hydrogen-bond donors (Lipinski definition) is 1. The smallest absolute Gasteiger partial charge is 0.425 e. The number of nitrogens with one attached hydrogen (secondary N) is 1. The number of ether oxygens (including phenoxy) is 4. The molecule has 1 aliphatic heterocycles. The SMILES string of the molecule is COC(=O)c1ccc(N2CCNCC2)cc1Oc1ccnc(N(C(=O)OC(C)(C)C)C(=O)OC(C)(C)C)c1. The van der Waals surface area contributed by atoms with Gasteiger partial charge in [-0.3, -0.25) is 0 Å². The van der Waals surface area contributed by atoms with Gasteiger partial charge in [-0.15, -0.1) is 0 Å². The molecule has 0 radical (unpaired) electrons. The third-order valence-electron chi connectivity index (χ3n) is 5.18. The Hall–Kier alpha value is -3.86. The standard InChI is InChI=1S/C27H36N4O7/c1-26(2,3)37-24(33)31(25(34)38-27(4,5)6)22-17-19(10-11-29-22)36-21-16-18(30-14-12-28-13-15-30)8-9-20(21)23(32)35-7/h8-11,16-17,28H,12-15H2,1-7H3. The normalized spacial score (nSPS) is 13.9. The average Bonchev–Trinajstić information content (AvgIpc) is 2.82. The highest BCUT2D eigenvalue weighted by atomic mass is 16.6. The summed E-state index contributed by atoms with van der Waals surface area (Å²) in [7, 11) is 1.29. The molecule has 0 bridgehead atoms. The number of rotatable bonds is 5. The van der Waals surface area contributed by atoms with Crippen LogP contribution in [0, 0.1) is 0 Å². The molecule has 38 heavy (non-hydrogen) atoms. The van der Waals surface area contributed by atoms with Crippen molar-refractivity contribution >= 4 is 29.7 Å². The van der Waals surface area contributed by atoms with E-state index < -0.39 is 29.4 Å². The molecule has 11 heteroatoms. The molecule has 0 saturated carbocycles. The highest BCUT2D eigenvalue weighted by Crippen LogP contribution is 2.32. The minimum Gasteiger partial charge on any atom is -0.465 e. The fraction of sp³-hybridized carbons (Fsp3) is 0.481. The summed E-state index contributed by atoms with van der Waals surface area (Å²) < 4.78 is 21.9. The van der Waals surface area contributed by atoms with Gasteiger partial charge in [0.15, 0.2) is 5.82 Å². The first-order chi connectivity index (χ1) is 17.8. The first kappa shape index (κ1) is 28.7. The lowest BCUT2D eigenvalue weighted by Gasteiger charge is -2.30. The Morgan fingerprint density at radius 2 is 1.53 bits per heavy atom. The molecule has 2 aromatic rings. The van der Waals surface area contributed by atoms with Gasteiger partial charge in [-0.25, -0.2) is 19.4 Å². The van der Waals surface area contributed by atoms with Crippen LogP contribution in [-0.2, 0) is 14.2 Å². The first-order valence-electron chi connectivity index (χ1n) is 12.4. The number of piperazine rings is 1. The Kier molecular flexibility index (Phi) is 8.82. The summed E-state index contributed by atoms with van der Waals surface area (Å²) in [4.78, 5) is 45.6. The van der Waals surface area contributed by atoms with Crippen LogP contribution < -0.4 is 19.9 Å². The van der Waals surface area contributed by atoms with Crippen LogP contribution in [-0.4, -0.2) is 67.6 Å². The monoisotopic (exact) mass is 528 g/mol. The number of esters is 1. The Bertz CT molecular complexity index is 1140. The van der Waals surface area contributed by atoms with E-state index in [2.05, 4.69) is 15.2 Å². The van der Waals surface area contributed by atoms with Crippen molar-refractivity contribution in [3.8, 4) is 11.5 Å². The van der Waals surface area contributed by atoms with E-state index in [9.17, 15) is 14.4 Å². The molecule has 0 spiro atoms. The molecule has 11 nitrogen and oxygen atoms in total. The molecule has 1 aromatic heterocycles. The quantitative estimate of drug-likeness (QED) is 0.430. The maximum atomic E-state index is 13.0. The van der Waals surface area contributed by atoms with Gasteiger partial charge in [0, 0.05) is 50.2 Å². The Labute approximate surface area is 223 Å². The molecule has 1 fully saturated rings. The summed E-state index contributed by atoms with van der Waals surface area (Å²) in [6.45, 7) is 13.4. The van der Waals surface area contributed by atoms with Crippen molar-refractivity contribution in [1.29, 1.82) is 0 Å². The molecule has 206 valence electrons. The summed E-state index contributed by atoms with van der Waals surface area (Å²) >= 11 is 0. The van der Waals surface area contributed by atoms with E-state index in [1.54, 1.807) is 59.7 Å². The number of hydrogen-bond acceptors (Lipinski definition) is 10. The molecule has 0 aliphatic carbocycles. The lowest BCUT2D eigenvalue weighted by molar-refractivity contribution is 0.0428. The zero-order valence-electron chi connectivity index (χ0n) is 23.0. The van der Waals surface area contributed by atoms with Crippen LogP contribution >= 0.6 is 0 Å². The average molecular weight is 529 g/mol. The second kappa shape index (κ2) is 11.7. The maximum absolute atomic E-state index is 13.0. The summed E-state index contributed by atoms with van der Waals surface area (Å²) in [6.07, 6.45) is -0.524. The van der Waals surface area contributed by atoms with Gasteiger partial charge in [0.25, 0.3) is 0 Å². The van der Waals surface area contributed by atoms with E-state index in [-0.39, 0.29) is 22.9 Å². The number of amides is 2. The molecule has 0 atom stereocenters. The summed E-state index contributed by atoms with van der Waals surface area (Å²) in [6, 6.07) is 8.19. The van der Waals surface area contributed by atoms with Crippen LogP contribution in [0.5, 0.6) is 11.5 Å². The number of carbonyl (C=O) groups is 3. The number of carbonyl (C=O) groups excluding carboxylic acids is 3. The van der Waals surface area contributed by atoms with E-state index in [0.717, 1.165) is 31.9 Å². The van der Waals surface area contributed by atoms with Gasteiger partial charge in [0.2, 0.25) is 0 Å². The summed E-state index contributed by atoms with van der Waals surface area (Å²) in [5.41, 5.74) is -0.634. The predicted octanol–water partition coefficient (Wildman–Crippen LogP) is 4.75. The zero-order chi connectivity index (χ0) is 28.1. The zero-order valence-corrected chi connectivity index (χ0v) is 23.0. The lowest BCUT2D eigenvalue weighted by Crippen LogP contribution is -2.44. The van der Waals surface area contributed by atoms with Crippen LogP contribution in [0.1, 0.15) is 51.9 Å². The van der Waals surface area contributed by atoms with Gasteiger partial charge in [-0.05, 0) is 59.7 Å². The molecule has 2 heterocycles. The fourth-order valence-corrected chi connectivity index (χ4v) is 3.58. The van der Waals surface area contributed by atoms with Crippen LogP contribution in [0.15, 0.2) is 36.5 Å². The highest BCUT2D eigenvalue weighted by Gasteiger charge is 2.34. The summed E-state index contributed by atoms with van der Waals surface area (Å²) in [5, 5.41) is 3.31. The molecular weight excluding hydrogens is 492 g/mol. The number of benzene rings is 1. The van der Waals surface area contributed by atoms with Crippen molar-refractivity contribution in [3.05, 3.63) is 42.1 Å². The maximum Gasteiger partial charge on any atom is 0.425 e. The fourth-order valence-electron chi connectivity index (χ4n) is 3.58.